The minimum absolute atomic E-state index is 0.0444. The second-order valence-corrected chi connectivity index (χ2v) is 9.40. The highest BCUT2D eigenvalue weighted by Gasteiger charge is 2.42. The lowest BCUT2D eigenvalue weighted by Crippen LogP contribution is -2.36. The largest absolute Gasteiger partial charge is 0.349 e. The molecule has 0 aliphatic carbocycles. The lowest BCUT2D eigenvalue weighted by molar-refractivity contribution is -0.121. The number of carbonyl (C=O) groups is 2. The normalized spacial score (nSPS) is 23.3. The Labute approximate surface area is 175 Å². The van der Waals surface area contributed by atoms with Crippen LogP contribution in [0.4, 0.5) is 4.79 Å². The summed E-state index contributed by atoms with van der Waals surface area (Å²) in [6, 6.07) is 8.83. The van der Waals surface area contributed by atoms with E-state index in [1.165, 1.54) is 0 Å². The first-order chi connectivity index (χ1) is 14.0. The number of hydrogen-bond donors (Lipinski definition) is 3. The van der Waals surface area contributed by atoms with Crippen molar-refractivity contribution < 1.29 is 9.59 Å². The van der Waals surface area contributed by atoms with Crippen molar-refractivity contribution in [3.05, 3.63) is 30.1 Å². The third-order valence-corrected chi connectivity index (χ3v) is 7.22. The van der Waals surface area contributed by atoms with Crippen molar-refractivity contribution in [1.82, 2.24) is 25.5 Å². The molecule has 7 nitrogen and oxygen atoms in total. The van der Waals surface area contributed by atoms with Gasteiger partial charge in [0.1, 0.15) is 5.82 Å². The zero-order valence-electron chi connectivity index (χ0n) is 17.0. The summed E-state index contributed by atoms with van der Waals surface area (Å²) in [5.41, 5.74) is 2.07. The molecule has 0 spiro atoms. The van der Waals surface area contributed by atoms with Crippen LogP contribution in [0.3, 0.4) is 0 Å². The maximum Gasteiger partial charge on any atom is 0.315 e. The van der Waals surface area contributed by atoms with E-state index in [0.29, 0.717) is 18.2 Å². The van der Waals surface area contributed by atoms with E-state index in [2.05, 4.69) is 40.4 Å². The summed E-state index contributed by atoms with van der Waals surface area (Å²) in [6.45, 7) is 4.71. The molecule has 156 valence electrons. The maximum absolute atomic E-state index is 12.3. The van der Waals surface area contributed by atoms with Gasteiger partial charge in [0.2, 0.25) is 5.91 Å². The number of amides is 3. The third kappa shape index (κ3) is 4.37. The average molecular weight is 416 g/mol. The molecular formula is C21H29N5O2S. The van der Waals surface area contributed by atoms with Crippen LogP contribution in [-0.4, -0.2) is 44.6 Å². The van der Waals surface area contributed by atoms with Crippen LogP contribution in [0.15, 0.2) is 24.3 Å². The van der Waals surface area contributed by atoms with Crippen LogP contribution in [0.1, 0.15) is 51.4 Å². The fourth-order valence-corrected chi connectivity index (χ4v) is 5.88. The van der Waals surface area contributed by atoms with Gasteiger partial charge in [-0.15, -0.1) is 0 Å². The molecule has 1 aromatic carbocycles. The number of nitrogens with one attached hydrogen (secondary N) is 3. The fraction of sp³-hybridized carbons (Fsp3) is 0.571. The van der Waals surface area contributed by atoms with Crippen LogP contribution in [0, 0.1) is 0 Å². The highest BCUT2D eigenvalue weighted by molar-refractivity contribution is 8.00. The van der Waals surface area contributed by atoms with Crippen molar-refractivity contribution in [1.29, 1.82) is 0 Å². The van der Waals surface area contributed by atoms with Crippen molar-refractivity contribution in [3.8, 4) is 0 Å². The number of aromatic nitrogens is 2. The van der Waals surface area contributed by atoms with E-state index in [0.717, 1.165) is 41.9 Å². The number of carbonyl (C=O) groups excluding carboxylic acids is 2. The van der Waals surface area contributed by atoms with Gasteiger partial charge in [-0.3, -0.25) is 4.79 Å². The Morgan fingerprint density at radius 1 is 1.31 bits per heavy atom. The highest BCUT2D eigenvalue weighted by Crippen LogP contribution is 2.33. The second kappa shape index (κ2) is 8.65. The summed E-state index contributed by atoms with van der Waals surface area (Å²) >= 11 is 1.92. The molecule has 0 radical (unpaired) electrons. The molecule has 8 heteroatoms. The average Bonchev–Trinajstić information content (AvgIpc) is 3.35. The minimum Gasteiger partial charge on any atom is -0.349 e. The molecular weight excluding hydrogens is 386 g/mol. The van der Waals surface area contributed by atoms with E-state index < -0.39 is 0 Å². The monoisotopic (exact) mass is 415 g/mol. The van der Waals surface area contributed by atoms with Crippen LogP contribution in [0.25, 0.3) is 11.0 Å². The Kier molecular flexibility index (Phi) is 5.99. The number of unbranched alkanes of at least 4 members (excludes halogenated alkanes) is 1. The number of thioether (sulfide) groups is 1. The predicted molar refractivity (Wildman–Crippen MR) is 116 cm³/mol. The van der Waals surface area contributed by atoms with Crippen molar-refractivity contribution in [2.24, 2.45) is 0 Å². The van der Waals surface area contributed by atoms with E-state index >= 15 is 0 Å². The van der Waals surface area contributed by atoms with Crippen molar-refractivity contribution in [2.75, 3.05) is 5.75 Å². The molecule has 2 aliphatic heterocycles. The Morgan fingerprint density at radius 2 is 2.14 bits per heavy atom. The molecule has 3 atom stereocenters. The first kappa shape index (κ1) is 20.1. The molecule has 2 aliphatic rings. The van der Waals surface area contributed by atoms with Gasteiger partial charge in [0.15, 0.2) is 0 Å². The Morgan fingerprint density at radius 3 is 2.97 bits per heavy atom. The third-order valence-electron chi connectivity index (χ3n) is 5.71. The van der Waals surface area contributed by atoms with Gasteiger partial charge in [-0.1, -0.05) is 18.6 Å². The van der Waals surface area contributed by atoms with Gasteiger partial charge >= 0.3 is 6.03 Å². The standard InChI is InChI=1S/C21H29N5O2S/c1-13(2)26-16-8-4-3-7-14(16)23-18(26)11-22-19(27)10-6-5-9-17-20-15(12-29-17)24-21(28)25-20/h3-4,7-8,13,15,17,20H,5-6,9-12H2,1-2H3,(H,22,27)(H2,24,25,28). The minimum atomic E-state index is -0.0444. The highest BCUT2D eigenvalue weighted by atomic mass is 32.2. The fourth-order valence-electron chi connectivity index (χ4n) is 4.34. The summed E-state index contributed by atoms with van der Waals surface area (Å²) in [7, 11) is 0. The smallest absolute Gasteiger partial charge is 0.315 e. The van der Waals surface area contributed by atoms with Gasteiger partial charge in [-0.05, 0) is 38.8 Å². The van der Waals surface area contributed by atoms with E-state index in [4.69, 9.17) is 4.98 Å². The number of hydrogen-bond acceptors (Lipinski definition) is 4. The zero-order valence-corrected chi connectivity index (χ0v) is 17.8. The molecule has 3 amide bonds. The Balaban J connectivity index is 1.22. The molecule has 0 saturated carbocycles. The lowest BCUT2D eigenvalue weighted by atomic mass is 10.0. The lowest BCUT2D eigenvalue weighted by Gasteiger charge is -2.16. The molecule has 3 unspecified atom stereocenters. The number of para-hydroxylation sites is 2. The van der Waals surface area contributed by atoms with E-state index in [1.807, 2.05) is 30.0 Å². The Hall–Kier alpha value is -2.22. The first-order valence-electron chi connectivity index (χ1n) is 10.4. The molecule has 2 aromatic rings. The summed E-state index contributed by atoms with van der Waals surface area (Å²) in [4.78, 5) is 28.5. The SMILES string of the molecule is CC(C)n1c(CNC(=O)CCCCC2SCC3NC(=O)NC32)nc2ccccc21. The topological polar surface area (TPSA) is 88.0 Å². The van der Waals surface area contributed by atoms with Crippen molar-refractivity contribution >= 4 is 34.7 Å². The number of rotatable bonds is 8. The molecule has 2 fully saturated rings. The van der Waals surface area contributed by atoms with Crippen LogP contribution < -0.4 is 16.0 Å². The van der Waals surface area contributed by atoms with Gasteiger partial charge in [0.05, 0.1) is 29.7 Å². The molecule has 3 heterocycles. The van der Waals surface area contributed by atoms with Crippen LogP contribution in [-0.2, 0) is 11.3 Å². The number of nitrogens with zero attached hydrogens (tertiary/aromatic N) is 2. The van der Waals surface area contributed by atoms with E-state index in [1.54, 1.807) is 0 Å². The number of urea groups is 1. The quantitative estimate of drug-likeness (QED) is 0.457. The second-order valence-electron chi connectivity index (χ2n) is 8.12. The zero-order chi connectivity index (χ0) is 20.4. The molecule has 2 saturated heterocycles. The summed E-state index contributed by atoms with van der Waals surface area (Å²) < 4.78 is 2.19. The van der Waals surface area contributed by atoms with Crippen molar-refractivity contribution in [2.45, 2.75) is 69.5 Å². The van der Waals surface area contributed by atoms with Gasteiger partial charge in [-0.2, -0.15) is 11.8 Å². The van der Waals surface area contributed by atoms with Crippen LogP contribution in [0.2, 0.25) is 0 Å². The predicted octanol–water partition coefficient (Wildman–Crippen LogP) is 2.96. The number of imidazole rings is 1. The van der Waals surface area contributed by atoms with Crippen LogP contribution >= 0.6 is 11.8 Å². The first-order valence-corrected chi connectivity index (χ1v) is 11.5. The van der Waals surface area contributed by atoms with Gasteiger partial charge < -0.3 is 20.5 Å². The van der Waals surface area contributed by atoms with E-state index in [-0.39, 0.29) is 30.1 Å². The summed E-state index contributed by atoms with van der Waals surface area (Å²) in [5, 5.41) is 9.47. The van der Waals surface area contributed by atoms with Gasteiger partial charge in [-0.25, -0.2) is 9.78 Å². The van der Waals surface area contributed by atoms with Crippen molar-refractivity contribution in [3.63, 3.8) is 0 Å². The molecule has 1 aromatic heterocycles. The van der Waals surface area contributed by atoms with E-state index in [9.17, 15) is 9.59 Å². The molecule has 3 N–H and O–H groups in total. The summed E-state index contributed by atoms with van der Waals surface area (Å²) in [5.74, 6) is 1.94. The number of benzene rings is 1. The van der Waals surface area contributed by atoms with Crippen LogP contribution in [0.5, 0.6) is 0 Å². The maximum atomic E-state index is 12.3. The number of fused-ring (bicyclic) bond motifs is 2. The Bertz CT molecular complexity index is 896. The van der Waals surface area contributed by atoms with Gasteiger partial charge in [0.25, 0.3) is 0 Å². The molecule has 29 heavy (non-hydrogen) atoms. The van der Waals surface area contributed by atoms with Gasteiger partial charge in [0, 0.05) is 23.5 Å². The molecule has 4 rings (SSSR count). The summed E-state index contributed by atoms with van der Waals surface area (Å²) in [6.07, 6.45) is 3.42. The molecule has 0 bridgehead atoms.